The Labute approximate surface area is 126 Å². The van der Waals surface area contributed by atoms with Crippen LogP contribution < -0.4 is 5.32 Å². The maximum Gasteiger partial charge on any atom is 0.255 e. The Hall–Kier alpha value is -1.51. The number of carbonyl (C=O) groups is 1. The summed E-state index contributed by atoms with van der Waals surface area (Å²) in [6.07, 6.45) is 3.65. The zero-order chi connectivity index (χ0) is 15.4. The molecule has 0 aromatic heterocycles. The van der Waals surface area contributed by atoms with Gasteiger partial charge in [-0.25, -0.2) is 0 Å². The predicted octanol–water partition coefficient (Wildman–Crippen LogP) is 3.65. The molecule has 2 aliphatic rings. The molecule has 2 bridgehead atoms. The first-order chi connectivity index (χ1) is 9.75. The van der Waals surface area contributed by atoms with Crippen molar-refractivity contribution in [2.75, 3.05) is 0 Å². The van der Waals surface area contributed by atoms with Crippen LogP contribution >= 0.6 is 0 Å². The summed E-state index contributed by atoms with van der Waals surface area (Å²) >= 11 is 0. The quantitative estimate of drug-likeness (QED) is 0.872. The van der Waals surface area contributed by atoms with Crippen LogP contribution in [0.1, 0.15) is 56.0 Å². The van der Waals surface area contributed by atoms with Crippen LogP contribution in [-0.2, 0) is 0 Å². The zero-order valence-electron chi connectivity index (χ0n) is 13.4. The number of phenols is 1. The Morgan fingerprint density at radius 2 is 2.05 bits per heavy atom. The summed E-state index contributed by atoms with van der Waals surface area (Å²) in [7, 11) is 0. The van der Waals surface area contributed by atoms with Gasteiger partial charge in [0.15, 0.2) is 0 Å². The number of phenolic OH excluding ortho intramolecular Hbond substituents is 1. The molecule has 3 unspecified atom stereocenters. The molecular weight excluding hydrogens is 262 g/mol. The lowest BCUT2D eigenvalue weighted by Gasteiger charge is -2.43. The largest absolute Gasteiger partial charge is 0.507 e. The number of amides is 1. The van der Waals surface area contributed by atoms with Gasteiger partial charge in [-0.15, -0.1) is 0 Å². The monoisotopic (exact) mass is 287 g/mol. The molecule has 0 aliphatic heterocycles. The molecule has 3 atom stereocenters. The number of nitrogens with one attached hydrogen (secondary N) is 1. The number of fused-ring (bicyclic) bond motifs is 2. The van der Waals surface area contributed by atoms with E-state index < -0.39 is 0 Å². The summed E-state index contributed by atoms with van der Waals surface area (Å²) in [5.74, 6) is 0.642. The van der Waals surface area contributed by atoms with Crippen LogP contribution in [-0.4, -0.2) is 17.1 Å². The van der Waals surface area contributed by atoms with Crippen molar-refractivity contribution >= 4 is 5.91 Å². The average molecular weight is 287 g/mol. The summed E-state index contributed by atoms with van der Waals surface area (Å²) < 4.78 is 0. The van der Waals surface area contributed by atoms with E-state index in [0.717, 1.165) is 5.56 Å². The molecule has 3 nitrogen and oxygen atoms in total. The second-order valence-electron chi connectivity index (χ2n) is 7.79. The zero-order valence-corrected chi connectivity index (χ0v) is 13.4. The lowest BCUT2D eigenvalue weighted by Crippen LogP contribution is -2.52. The molecule has 2 aliphatic carbocycles. The predicted molar refractivity (Wildman–Crippen MR) is 83.3 cm³/mol. The molecule has 0 saturated heterocycles. The minimum Gasteiger partial charge on any atom is -0.507 e. The van der Waals surface area contributed by atoms with Gasteiger partial charge in [0.25, 0.3) is 5.91 Å². The third kappa shape index (κ3) is 2.05. The van der Waals surface area contributed by atoms with Crippen LogP contribution in [0.5, 0.6) is 5.75 Å². The molecule has 0 heterocycles. The van der Waals surface area contributed by atoms with Gasteiger partial charge in [0.05, 0.1) is 5.56 Å². The molecule has 3 heteroatoms. The van der Waals surface area contributed by atoms with E-state index in [-0.39, 0.29) is 28.5 Å². The SMILES string of the molecule is Cc1cccc(C(=O)NC2C3(C)CCC(C3)C2(C)C)c1O. The molecule has 21 heavy (non-hydrogen) atoms. The Bertz CT molecular complexity index is 588. The van der Waals surface area contributed by atoms with Gasteiger partial charge in [-0.3, -0.25) is 4.79 Å². The number of aryl methyl sites for hydroxylation is 1. The number of hydrogen-bond donors (Lipinski definition) is 2. The van der Waals surface area contributed by atoms with Crippen LogP contribution in [0.15, 0.2) is 18.2 Å². The van der Waals surface area contributed by atoms with E-state index in [1.165, 1.54) is 19.3 Å². The van der Waals surface area contributed by atoms with Crippen LogP contribution in [0.2, 0.25) is 0 Å². The standard InChI is InChI=1S/C18H25NO2/c1-11-6-5-7-13(14(11)20)15(21)19-16-17(2,3)12-8-9-18(16,4)10-12/h5-7,12,16,20H,8-10H2,1-4H3,(H,19,21). The summed E-state index contributed by atoms with van der Waals surface area (Å²) in [5, 5.41) is 13.3. The van der Waals surface area contributed by atoms with Crippen molar-refractivity contribution in [3.8, 4) is 5.75 Å². The first kappa shape index (κ1) is 14.4. The van der Waals surface area contributed by atoms with E-state index in [1.54, 1.807) is 6.07 Å². The van der Waals surface area contributed by atoms with Crippen molar-refractivity contribution < 1.29 is 9.90 Å². The summed E-state index contributed by atoms with van der Waals surface area (Å²) in [5.41, 5.74) is 1.45. The number of hydrogen-bond acceptors (Lipinski definition) is 2. The fraction of sp³-hybridized carbons (Fsp3) is 0.611. The molecule has 0 spiro atoms. The highest BCUT2D eigenvalue weighted by atomic mass is 16.3. The lowest BCUT2D eigenvalue weighted by atomic mass is 9.68. The van der Waals surface area contributed by atoms with Gasteiger partial charge < -0.3 is 10.4 Å². The molecule has 1 amide bonds. The average Bonchev–Trinajstić information content (AvgIpc) is 2.89. The highest BCUT2D eigenvalue weighted by Gasteiger charge is 2.59. The van der Waals surface area contributed by atoms with Crippen LogP contribution in [0, 0.1) is 23.7 Å². The van der Waals surface area contributed by atoms with Crippen LogP contribution in [0.25, 0.3) is 0 Å². The Morgan fingerprint density at radius 1 is 1.33 bits per heavy atom. The maximum absolute atomic E-state index is 12.6. The first-order valence-electron chi connectivity index (χ1n) is 7.85. The molecule has 2 N–H and O–H groups in total. The van der Waals surface area contributed by atoms with E-state index >= 15 is 0 Å². The van der Waals surface area contributed by atoms with Crippen molar-refractivity contribution in [1.29, 1.82) is 0 Å². The molecule has 0 radical (unpaired) electrons. The van der Waals surface area contributed by atoms with E-state index in [1.807, 2.05) is 19.1 Å². The summed E-state index contributed by atoms with van der Waals surface area (Å²) in [6.45, 7) is 8.64. The summed E-state index contributed by atoms with van der Waals surface area (Å²) in [6, 6.07) is 5.50. The Morgan fingerprint density at radius 3 is 2.67 bits per heavy atom. The molecule has 1 aromatic rings. The second-order valence-corrected chi connectivity index (χ2v) is 7.79. The minimum atomic E-state index is -0.150. The Balaban J connectivity index is 1.87. The summed E-state index contributed by atoms with van der Waals surface area (Å²) in [4.78, 5) is 12.6. The Kier molecular flexibility index (Phi) is 3.09. The van der Waals surface area contributed by atoms with Gasteiger partial charge in [-0.1, -0.05) is 32.9 Å². The van der Waals surface area contributed by atoms with Crippen molar-refractivity contribution in [2.24, 2.45) is 16.7 Å². The molecule has 2 saturated carbocycles. The normalized spacial score (nSPS) is 33.1. The third-order valence-electron chi connectivity index (χ3n) is 6.03. The minimum absolute atomic E-state index is 0.0983. The van der Waals surface area contributed by atoms with E-state index in [2.05, 4.69) is 26.1 Å². The van der Waals surface area contributed by atoms with Gasteiger partial charge in [0.1, 0.15) is 5.75 Å². The van der Waals surface area contributed by atoms with Gasteiger partial charge in [-0.05, 0) is 54.6 Å². The number of carbonyl (C=O) groups excluding carboxylic acids is 1. The van der Waals surface area contributed by atoms with E-state index in [4.69, 9.17) is 0 Å². The number of rotatable bonds is 2. The highest BCUT2D eigenvalue weighted by molar-refractivity contribution is 5.97. The smallest absolute Gasteiger partial charge is 0.255 e. The molecule has 3 rings (SSSR count). The first-order valence-corrected chi connectivity index (χ1v) is 7.85. The van der Waals surface area contributed by atoms with Crippen LogP contribution in [0.4, 0.5) is 0 Å². The maximum atomic E-state index is 12.6. The third-order valence-corrected chi connectivity index (χ3v) is 6.03. The van der Waals surface area contributed by atoms with Gasteiger partial charge >= 0.3 is 0 Å². The molecule has 2 fully saturated rings. The van der Waals surface area contributed by atoms with Gasteiger partial charge in [0, 0.05) is 6.04 Å². The number of benzene rings is 1. The lowest BCUT2D eigenvalue weighted by molar-refractivity contribution is 0.0735. The highest BCUT2D eigenvalue weighted by Crippen LogP contribution is 2.62. The molecular formula is C18H25NO2. The van der Waals surface area contributed by atoms with E-state index in [9.17, 15) is 9.90 Å². The second kappa shape index (κ2) is 4.49. The molecule has 1 aromatic carbocycles. The van der Waals surface area contributed by atoms with Gasteiger partial charge in [-0.2, -0.15) is 0 Å². The number of aromatic hydroxyl groups is 1. The van der Waals surface area contributed by atoms with Crippen molar-refractivity contribution in [1.82, 2.24) is 5.32 Å². The van der Waals surface area contributed by atoms with Crippen molar-refractivity contribution in [2.45, 2.75) is 53.0 Å². The van der Waals surface area contributed by atoms with Crippen molar-refractivity contribution in [3.05, 3.63) is 29.3 Å². The van der Waals surface area contributed by atoms with Gasteiger partial charge in [0.2, 0.25) is 0 Å². The topological polar surface area (TPSA) is 49.3 Å². The fourth-order valence-corrected chi connectivity index (χ4v) is 4.71. The number of para-hydroxylation sites is 1. The van der Waals surface area contributed by atoms with Crippen molar-refractivity contribution in [3.63, 3.8) is 0 Å². The van der Waals surface area contributed by atoms with E-state index in [0.29, 0.717) is 11.5 Å². The molecule has 114 valence electrons. The van der Waals surface area contributed by atoms with Crippen LogP contribution in [0.3, 0.4) is 0 Å². The fourth-order valence-electron chi connectivity index (χ4n) is 4.71.